The maximum Gasteiger partial charge on any atom is 0.257 e. The fourth-order valence-corrected chi connectivity index (χ4v) is 2.30. The van der Waals surface area contributed by atoms with Gasteiger partial charge >= 0.3 is 0 Å². The van der Waals surface area contributed by atoms with Crippen molar-refractivity contribution in [2.24, 2.45) is 0 Å². The minimum absolute atomic E-state index is 0.229. The summed E-state index contributed by atoms with van der Waals surface area (Å²) in [6.07, 6.45) is 0. The first-order valence-electron chi connectivity index (χ1n) is 6.22. The summed E-state index contributed by atoms with van der Waals surface area (Å²) in [5.41, 5.74) is 8.11. The minimum Gasteiger partial charge on any atom is -0.399 e. The van der Waals surface area contributed by atoms with Gasteiger partial charge in [0.2, 0.25) is 0 Å². The fraction of sp³-hybridized carbons (Fsp3) is 0.133. The summed E-state index contributed by atoms with van der Waals surface area (Å²) in [5.74, 6) is -0.337. The van der Waals surface area contributed by atoms with Crippen LogP contribution in [0.4, 0.5) is 17.1 Å². The van der Waals surface area contributed by atoms with Crippen LogP contribution < -0.4 is 16.0 Å². The molecule has 2 aromatic carbocycles. The van der Waals surface area contributed by atoms with Crippen molar-refractivity contribution in [3.8, 4) is 0 Å². The molecule has 110 valence electrons. The van der Waals surface area contributed by atoms with Crippen molar-refractivity contribution >= 4 is 46.2 Å². The molecule has 0 bridgehead atoms. The largest absolute Gasteiger partial charge is 0.399 e. The Morgan fingerprint density at radius 2 is 1.90 bits per heavy atom. The number of rotatable bonds is 3. The zero-order valence-corrected chi connectivity index (χ0v) is 13.2. The van der Waals surface area contributed by atoms with Crippen molar-refractivity contribution in [3.05, 3.63) is 52.0 Å². The molecule has 6 heteroatoms. The molecule has 0 aliphatic heterocycles. The van der Waals surface area contributed by atoms with E-state index in [9.17, 15) is 4.79 Å². The summed E-state index contributed by atoms with van der Waals surface area (Å²) >= 11 is 12.0. The lowest BCUT2D eigenvalue weighted by Gasteiger charge is -2.18. The van der Waals surface area contributed by atoms with Crippen LogP contribution in [-0.4, -0.2) is 20.0 Å². The molecule has 1 amide bonds. The summed E-state index contributed by atoms with van der Waals surface area (Å²) in [4.78, 5) is 14.2. The molecule has 0 radical (unpaired) electrons. The first-order valence-corrected chi connectivity index (χ1v) is 6.98. The minimum atomic E-state index is -0.337. The number of halogens is 2. The molecule has 0 saturated carbocycles. The number of nitrogen functional groups attached to an aromatic ring is 1. The number of carbonyl (C=O) groups is 1. The van der Waals surface area contributed by atoms with Gasteiger partial charge in [0.05, 0.1) is 27.0 Å². The predicted molar refractivity (Wildman–Crippen MR) is 89.6 cm³/mol. The average Bonchev–Trinajstić information content (AvgIpc) is 2.41. The fourth-order valence-electron chi connectivity index (χ4n) is 1.91. The number of nitrogens with zero attached hydrogens (tertiary/aromatic N) is 1. The van der Waals surface area contributed by atoms with E-state index in [1.165, 1.54) is 0 Å². The van der Waals surface area contributed by atoms with Crippen LogP contribution in [0.3, 0.4) is 0 Å². The molecule has 0 aromatic heterocycles. The van der Waals surface area contributed by atoms with E-state index in [2.05, 4.69) is 5.32 Å². The molecule has 0 fully saturated rings. The van der Waals surface area contributed by atoms with Crippen LogP contribution in [-0.2, 0) is 0 Å². The van der Waals surface area contributed by atoms with Crippen molar-refractivity contribution in [3.63, 3.8) is 0 Å². The van der Waals surface area contributed by atoms with Crippen molar-refractivity contribution in [2.75, 3.05) is 30.0 Å². The summed E-state index contributed by atoms with van der Waals surface area (Å²) in [6, 6.07) is 10.2. The van der Waals surface area contributed by atoms with E-state index in [1.807, 2.05) is 25.1 Å². The number of nitrogens with one attached hydrogen (secondary N) is 1. The quantitative estimate of drug-likeness (QED) is 0.842. The van der Waals surface area contributed by atoms with Crippen LogP contribution in [0.25, 0.3) is 0 Å². The molecule has 2 aromatic rings. The third-order valence-electron chi connectivity index (χ3n) is 2.95. The summed E-state index contributed by atoms with van der Waals surface area (Å²) in [5, 5.41) is 3.38. The zero-order valence-electron chi connectivity index (χ0n) is 11.7. The van der Waals surface area contributed by atoms with E-state index < -0.39 is 0 Å². The molecular weight excluding hydrogens is 309 g/mol. The van der Waals surface area contributed by atoms with Gasteiger partial charge in [-0.2, -0.15) is 0 Å². The second-order valence-electron chi connectivity index (χ2n) is 4.73. The van der Waals surface area contributed by atoms with Gasteiger partial charge in [0.1, 0.15) is 0 Å². The topological polar surface area (TPSA) is 58.4 Å². The van der Waals surface area contributed by atoms with Gasteiger partial charge in [0.15, 0.2) is 0 Å². The Bertz CT molecular complexity index is 687. The normalized spacial score (nSPS) is 10.3. The van der Waals surface area contributed by atoms with E-state index in [1.54, 1.807) is 30.3 Å². The average molecular weight is 324 g/mol. The molecule has 0 aliphatic rings. The second-order valence-corrected chi connectivity index (χ2v) is 5.51. The van der Waals surface area contributed by atoms with E-state index in [-0.39, 0.29) is 10.9 Å². The van der Waals surface area contributed by atoms with Gasteiger partial charge in [-0.15, -0.1) is 0 Å². The van der Waals surface area contributed by atoms with Gasteiger partial charge in [-0.25, -0.2) is 0 Å². The molecule has 0 spiro atoms. The van der Waals surface area contributed by atoms with Gasteiger partial charge in [-0.1, -0.05) is 29.3 Å². The molecule has 3 N–H and O–H groups in total. The Morgan fingerprint density at radius 3 is 2.57 bits per heavy atom. The first-order chi connectivity index (χ1) is 9.90. The molecule has 0 heterocycles. The number of carbonyl (C=O) groups excluding carboxylic acids is 1. The summed E-state index contributed by atoms with van der Waals surface area (Å²) in [7, 11) is 3.76. The highest BCUT2D eigenvalue weighted by molar-refractivity contribution is 6.44. The third kappa shape index (κ3) is 3.40. The molecule has 4 nitrogen and oxygen atoms in total. The lowest BCUT2D eigenvalue weighted by atomic mass is 10.2. The van der Waals surface area contributed by atoms with Gasteiger partial charge in [-0.3, -0.25) is 4.79 Å². The van der Waals surface area contributed by atoms with E-state index in [0.29, 0.717) is 22.0 Å². The van der Waals surface area contributed by atoms with Crippen LogP contribution in [0.5, 0.6) is 0 Å². The Morgan fingerprint density at radius 1 is 1.19 bits per heavy atom. The van der Waals surface area contributed by atoms with Gasteiger partial charge in [0, 0.05) is 19.8 Å². The maximum absolute atomic E-state index is 12.4. The number of anilines is 3. The van der Waals surface area contributed by atoms with Crippen LogP contribution in [0.1, 0.15) is 10.4 Å². The zero-order chi connectivity index (χ0) is 15.6. The van der Waals surface area contributed by atoms with E-state index >= 15 is 0 Å². The van der Waals surface area contributed by atoms with Gasteiger partial charge in [0.25, 0.3) is 5.91 Å². The molecule has 21 heavy (non-hydrogen) atoms. The Kier molecular flexibility index (Phi) is 4.60. The van der Waals surface area contributed by atoms with Crippen molar-refractivity contribution < 1.29 is 4.79 Å². The molecule has 0 saturated heterocycles. The number of hydrogen-bond donors (Lipinski definition) is 2. The van der Waals surface area contributed by atoms with Gasteiger partial charge < -0.3 is 16.0 Å². The molecule has 2 rings (SSSR count). The number of benzene rings is 2. The number of amides is 1. The lowest BCUT2D eigenvalue weighted by molar-refractivity contribution is 0.102. The molecule has 0 unspecified atom stereocenters. The van der Waals surface area contributed by atoms with Crippen LogP contribution in [0.2, 0.25) is 10.0 Å². The lowest BCUT2D eigenvalue weighted by Crippen LogP contribution is -2.17. The van der Waals surface area contributed by atoms with Crippen molar-refractivity contribution in [1.29, 1.82) is 0 Å². The van der Waals surface area contributed by atoms with Crippen molar-refractivity contribution in [1.82, 2.24) is 0 Å². The Labute approximate surface area is 133 Å². The monoisotopic (exact) mass is 323 g/mol. The summed E-state index contributed by atoms with van der Waals surface area (Å²) < 4.78 is 0. The number of nitrogens with two attached hydrogens (primary N) is 1. The smallest absolute Gasteiger partial charge is 0.257 e. The standard InChI is InChI=1S/C15H15Cl2N3O/c1-20(2)13-7-6-9(18)8-12(13)19-15(21)10-4-3-5-11(16)14(10)17/h3-8H,18H2,1-2H3,(H,19,21). The molecular formula is C15H15Cl2N3O. The van der Waals surface area contributed by atoms with E-state index in [4.69, 9.17) is 28.9 Å². The molecule has 0 aliphatic carbocycles. The van der Waals surface area contributed by atoms with Crippen LogP contribution in [0, 0.1) is 0 Å². The predicted octanol–water partition coefficient (Wildman–Crippen LogP) is 3.89. The summed E-state index contributed by atoms with van der Waals surface area (Å²) in [6.45, 7) is 0. The Hall–Kier alpha value is -1.91. The molecule has 0 atom stereocenters. The highest BCUT2D eigenvalue weighted by Gasteiger charge is 2.15. The van der Waals surface area contributed by atoms with Crippen LogP contribution >= 0.6 is 23.2 Å². The Balaban J connectivity index is 2.36. The first kappa shape index (κ1) is 15.5. The third-order valence-corrected chi connectivity index (χ3v) is 3.77. The SMILES string of the molecule is CN(C)c1ccc(N)cc1NC(=O)c1cccc(Cl)c1Cl. The van der Waals surface area contributed by atoms with Crippen LogP contribution in [0.15, 0.2) is 36.4 Å². The van der Waals surface area contributed by atoms with E-state index in [0.717, 1.165) is 5.69 Å². The number of hydrogen-bond acceptors (Lipinski definition) is 3. The maximum atomic E-state index is 12.4. The van der Waals surface area contributed by atoms with Gasteiger partial charge in [-0.05, 0) is 30.3 Å². The highest BCUT2D eigenvalue weighted by atomic mass is 35.5. The van der Waals surface area contributed by atoms with Crippen molar-refractivity contribution in [2.45, 2.75) is 0 Å². The second kappa shape index (κ2) is 6.24. The highest BCUT2D eigenvalue weighted by Crippen LogP contribution is 2.29.